The number of aliphatic imine (C=N–C) groups is 1. The van der Waals surface area contributed by atoms with Gasteiger partial charge in [0, 0.05) is 50.5 Å². The van der Waals surface area contributed by atoms with Crippen molar-refractivity contribution >= 4 is 41.5 Å². The van der Waals surface area contributed by atoms with Crippen LogP contribution < -0.4 is 25.4 Å². The van der Waals surface area contributed by atoms with Gasteiger partial charge in [0.2, 0.25) is 0 Å². The van der Waals surface area contributed by atoms with Gasteiger partial charge in [-0.25, -0.2) is 0 Å². The minimum Gasteiger partial charge on any atom is -0.497 e. The van der Waals surface area contributed by atoms with Crippen molar-refractivity contribution in [3.05, 3.63) is 54.1 Å². The third-order valence-electron chi connectivity index (χ3n) is 4.22. The molecular formula is C23H33IN4O4. The Balaban J connectivity index is 0.00000512. The zero-order valence-corrected chi connectivity index (χ0v) is 21.2. The zero-order chi connectivity index (χ0) is 22.3. The molecule has 0 unspecified atom stereocenters. The highest BCUT2D eigenvalue weighted by Gasteiger charge is 2.05. The monoisotopic (exact) mass is 556 g/mol. The minimum atomic E-state index is -0.144. The molecule has 0 atom stereocenters. The number of guanidine groups is 1. The third kappa shape index (κ3) is 10.2. The van der Waals surface area contributed by atoms with E-state index in [1.54, 1.807) is 38.5 Å². The lowest BCUT2D eigenvalue weighted by molar-refractivity contribution is 0.0954. The van der Waals surface area contributed by atoms with Gasteiger partial charge in [-0.2, -0.15) is 0 Å². The molecule has 0 radical (unpaired) electrons. The summed E-state index contributed by atoms with van der Waals surface area (Å²) >= 11 is 0. The fraction of sp³-hybridized carbons (Fsp3) is 0.391. The Morgan fingerprint density at radius 1 is 1.00 bits per heavy atom. The first-order valence-corrected chi connectivity index (χ1v) is 10.4. The van der Waals surface area contributed by atoms with Crippen molar-refractivity contribution in [2.24, 2.45) is 4.99 Å². The lowest BCUT2D eigenvalue weighted by Gasteiger charge is -2.13. The largest absolute Gasteiger partial charge is 0.497 e. The molecule has 0 aromatic heterocycles. The Labute approximate surface area is 207 Å². The Kier molecular flexibility index (Phi) is 13.9. The number of carbonyl (C=O) groups excluding carboxylic acids is 1. The number of hydrogen-bond donors (Lipinski definition) is 3. The Morgan fingerprint density at radius 3 is 2.47 bits per heavy atom. The van der Waals surface area contributed by atoms with E-state index in [2.05, 4.69) is 20.9 Å². The number of carbonyl (C=O) groups is 1. The van der Waals surface area contributed by atoms with Crippen LogP contribution in [0.25, 0.3) is 0 Å². The summed E-state index contributed by atoms with van der Waals surface area (Å²) in [7, 11) is 3.27. The predicted octanol–water partition coefficient (Wildman–Crippen LogP) is 3.54. The van der Waals surface area contributed by atoms with E-state index in [0.29, 0.717) is 43.6 Å². The maximum absolute atomic E-state index is 12.2. The van der Waals surface area contributed by atoms with E-state index >= 15 is 0 Å². The van der Waals surface area contributed by atoms with Crippen LogP contribution in [-0.4, -0.2) is 58.9 Å². The van der Waals surface area contributed by atoms with Crippen LogP contribution in [0.5, 0.6) is 11.5 Å². The molecule has 8 nitrogen and oxygen atoms in total. The van der Waals surface area contributed by atoms with Gasteiger partial charge in [-0.3, -0.25) is 9.79 Å². The molecule has 3 N–H and O–H groups in total. The molecule has 0 fully saturated rings. The lowest BCUT2D eigenvalue weighted by Crippen LogP contribution is -2.32. The average Bonchev–Trinajstić information content (AvgIpc) is 2.80. The number of hydrogen-bond acceptors (Lipinski definition) is 5. The van der Waals surface area contributed by atoms with Crippen molar-refractivity contribution in [1.29, 1.82) is 0 Å². The van der Waals surface area contributed by atoms with E-state index in [1.165, 1.54) is 0 Å². The van der Waals surface area contributed by atoms with Crippen molar-refractivity contribution < 1.29 is 19.0 Å². The molecule has 176 valence electrons. The summed E-state index contributed by atoms with van der Waals surface area (Å²) < 4.78 is 15.9. The average molecular weight is 556 g/mol. The van der Waals surface area contributed by atoms with E-state index in [1.807, 2.05) is 31.2 Å². The smallest absolute Gasteiger partial charge is 0.251 e. The molecule has 0 bridgehead atoms. The second-order valence-corrected chi connectivity index (χ2v) is 6.59. The molecule has 0 aliphatic rings. The summed E-state index contributed by atoms with van der Waals surface area (Å²) in [5, 5.41) is 9.33. The van der Waals surface area contributed by atoms with Crippen molar-refractivity contribution in [3.8, 4) is 11.5 Å². The van der Waals surface area contributed by atoms with Gasteiger partial charge in [0.1, 0.15) is 11.5 Å². The quantitative estimate of drug-likeness (QED) is 0.160. The van der Waals surface area contributed by atoms with Crippen molar-refractivity contribution in [1.82, 2.24) is 10.6 Å². The van der Waals surface area contributed by atoms with Crippen molar-refractivity contribution in [2.75, 3.05) is 52.4 Å². The molecule has 0 heterocycles. The van der Waals surface area contributed by atoms with Gasteiger partial charge in [-0.15, -0.1) is 24.0 Å². The summed E-state index contributed by atoms with van der Waals surface area (Å²) in [6.07, 6.45) is 0.834. The predicted molar refractivity (Wildman–Crippen MR) is 139 cm³/mol. The number of halogens is 1. The minimum absolute atomic E-state index is 0. The summed E-state index contributed by atoms with van der Waals surface area (Å²) in [4.78, 5) is 16.7. The van der Waals surface area contributed by atoms with E-state index in [0.717, 1.165) is 24.4 Å². The highest BCUT2D eigenvalue weighted by molar-refractivity contribution is 14.0. The van der Waals surface area contributed by atoms with Crippen LogP contribution in [-0.2, 0) is 4.74 Å². The molecule has 2 aromatic carbocycles. The maximum atomic E-state index is 12.2. The molecule has 9 heteroatoms. The van der Waals surface area contributed by atoms with Crippen molar-refractivity contribution in [2.45, 2.75) is 13.3 Å². The van der Waals surface area contributed by atoms with Gasteiger partial charge in [0.15, 0.2) is 5.96 Å². The molecule has 2 aromatic rings. The third-order valence-corrected chi connectivity index (χ3v) is 4.22. The van der Waals surface area contributed by atoms with E-state index < -0.39 is 0 Å². The number of ether oxygens (including phenoxy) is 3. The number of rotatable bonds is 12. The van der Waals surface area contributed by atoms with Gasteiger partial charge in [-0.1, -0.05) is 6.07 Å². The topological polar surface area (TPSA) is 93.2 Å². The molecule has 0 saturated heterocycles. The van der Waals surface area contributed by atoms with Crippen molar-refractivity contribution in [3.63, 3.8) is 0 Å². The lowest BCUT2D eigenvalue weighted by atomic mass is 10.2. The van der Waals surface area contributed by atoms with Crippen LogP contribution in [0.4, 0.5) is 5.69 Å². The van der Waals surface area contributed by atoms with Gasteiger partial charge in [0.05, 0.1) is 20.3 Å². The van der Waals surface area contributed by atoms with E-state index in [4.69, 9.17) is 14.2 Å². The van der Waals surface area contributed by atoms with Crippen LogP contribution in [0.2, 0.25) is 0 Å². The number of benzene rings is 2. The first-order chi connectivity index (χ1) is 15.2. The van der Waals surface area contributed by atoms with Gasteiger partial charge in [-0.05, 0) is 43.3 Å². The number of nitrogens with zero attached hydrogens (tertiary/aromatic N) is 1. The van der Waals surface area contributed by atoms with Crippen LogP contribution in [0, 0.1) is 0 Å². The second kappa shape index (κ2) is 16.2. The molecule has 1 amide bonds. The highest BCUT2D eigenvalue weighted by Crippen LogP contribution is 2.17. The van der Waals surface area contributed by atoms with Gasteiger partial charge in [0.25, 0.3) is 5.91 Å². The van der Waals surface area contributed by atoms with Crippen LogP contribution in [0.3, 0.4) is 0 Å². The van der Waals surface area contributed by atoms with Crippen LogP contribution in [0.15, 0.2) is 53.5 Å². The molecule has 0 spiro atoms. The molecule has 0 saturated carbocycles. The summed E-state index contributed by atoms with van der Waals surface area (Å²) in [6, 6.07) is 14.7. The summed E-state index contributed by atoms with van der Waals surface area (Å²) in [5.41, 5.74) is 1.45. The zero-order valence-electron chi connectivity index (χ0n) is 18.8. The highest BCUT2D eigenvalue weighted by atomic mass is 127. The van der Waals surface area contributed by atoms with Gasteiger partial charge >= 0.3 is 0 Å². The Hall–Kier alpha value is -2.53. The maximum Gasteiger partial charge on any atom is 0.251 e. The SMILES string of the molecule is CCNC(=NCCNC(=O)c1ccc(OC)cc1)Nc1cccc(OCCCOC)c1.I. The Morgan fingerprint density at radius 2 is 1.78 bits per heavy atom. The van der Waals surface area contributed by atoms with E-state index in [-0.39, 0.29) is 29.9 Å². The van der Waals surface area contributed by atoms with Crippen LogP contribution >= 0.6 is 24.0 Å². The summed E-state index contributed by atoms with van der Waals surface area (Å²) in [5.74, 6) is 1.99. The van der Waals surface area contributed by atoms with Crippen LogP contribution in [0.1, 0.15) is 23.7 Å². The Bertz CT molecular complexity index is 831. The molecular weight excluding hydrogens is 523 g/mol. The second-order valence-electron chi connectivity index (χ2n) is 6.59. The molecule has 0 aliphatic heterocycles. The fourth-order valence-corrected chi connectivity index (χ4v) is 2.68. The normalized spacial score (nSPS) is 10.7. The molecule has 32 heavy (non-hydrogen) atoms. The van der Waals surface area contributed by atoms with E-state index in [9.17, 15) is 4.79 Å². The van der Waals surface area contributed by atoms with Gasteiger partial charge < -0.3 is 30.2 Å². The standard InChI is InChI=1S/C23H32N4O4.HI/c1-4-24-23(27-19-7-5-8-21(17-19)31-16-6-15-29-2)26-14-13-25-22(28)18-9-11-20(30-3)12-10-18;/h5,7-12,17H,4,6,13-16H2,1-3H3,(H,25,28)(H2,24,26,27);1H. The first kappa shape index (κ1) is 27.5. The first-order valence-electron chi connectivity index (χ1n) is 10.4. The number of amides is 1. The number of nitrogens with one attached hydrogen (secondary N) is 3. The number of methoxy groups -OCH3 is 2. The molecule has 2 rings (SSSR count). The number of anilines is 1. The fourth-order valence-electron chi connectivity index (χ4n) is 2.68. The molecule has 0 aliphatic carbocycles. The summed E-state index contributed by atoms with van der Waals surface area (Å²) in [6.45, 7) is 4.84.